The lowest BCUT2D eigenvalue weighted by atomic mass is 10.1. The van der Waals surface area contributed by atoms with Gasteiger partial charge in [-0.05, 0) is 48.4 Å². The van der Waals surface area contributed by atoms with E-state index in [9.17, 15) is 9.59 Å². The highest BCUT2D eigenvalue weighted by Gasteiger charge is 2.14. The SMILES string of the molecule is COc1ccc2[nH]c(C)c(CC(=O)/N=C(\N)NCc3cc(Cl)c(NC(C)=O)c(Cl)c3)c2c1. The molecule has 168 valence electrons. The van der Waals surface area contributed by atoms with Gasteiger partial charge < -0.3 is 26.1 Å². The monoisotopic (exact) mass is 475 g/mol. The summed E-state index contributed by atoms with van der Waals surface area (Å²) in [5.41, 5.74) is 9.57. The van der Waals surface area contributed by atoms with Crippen LogP contribution in [0.15, 0.2) is 35.3 Å². The Morgan fingerprint density at radius 2 is 1.88 bits per heavy atom. The largest absolute Gasteiger partial charge is 0.497 e. The molecule has 0 unspecified atom stereocenters. The number of hydrogen-bond donors (Lipinski definition) is 4. The molecule has 0 spiro atoms. The van der Waals surface area contributed by atoms with Gasteiger partial charge in [0.2, 0.25) is 5.91 Å². The van der Waals surface area contributed by atoms with Crippen LogP contribution in [0.2, 0.25) is 10.0 Å². The summed E-state index contributed by atoms with van der Waals surface area (Å²) in [7, 11) is 1.59. The smallest absolute Gasteiger partial charge is 0.253 e. The lowest BCUT2D eigenvalue weighted by Gasteiger charge is -2.11. The van der Waals surface area contributed by atoms with Crippen LogP contribution in [0, 0.1) is 6.92 Å². The molecular weight excluding hydrogens is 453 g/mol. The van der Waals surface area contributed by atoms with Gasteiger partial charge in [-0.1, -0.05) is 23.2 Å². The van der Waals surface area contributed by atoms with Crippen molar-refractivity contribution in [2.45, 2.75) is 26.8 Å². The van der Waals surface area contributed by atoms with Crippen molar-refractivity contribution in [3.63, 3.8) is 0 Å². The molecule has 0 aliphatic carbocycles. The van der Waals surface area contributed by atoms with Gasteiger partial charge in [0.15, 0.2) is 5.96 Å². The van der Waals surface area contributed by atoms with Crippen LogP contribution in [0.5, 0.6) is 5.75 Å². The van der Waals surface area contributed by atoms with Crippen LogP contribution in [0.4, 0.5) is 5.69 Å². The van der Waals surface area contributed by atoms with E-state index in [1.165, 1.54) is 6.92 Å². The Bertz CT molecular complexity index is 1200. The molecule has 0 aliphatic rings. The summed E-state index contributed by atoms with van der Waals surface area (Å²) in [5.74, 6) is 0.0114. The van der Waals surface area contributed by atoms with Gasteiger partial charge in [0.05, 0.1) is 29.3 Å². The summed E-state index contributed by atoms with van der Waals surface area (Å²) < 4.78 is 5.28. The summed E-state index contributed by atoms with van der Waals surface area (Å²) in [6.07, 6.45) is 0.0877. The first-order chi connectivity index (χ1) is 15.2. The quantitative estimate of drug-likeness (QED) is 0.317. The van der Waals surface area contributed by atoms with Crippen molar-refractivity contribution < 1.29 is 14.3 Å². The van der Waals surface area contributed by atoms with Crippen molar-refractivity contribution in [3.8, 4) is 5.75 Å². The maximum Gasteiger partial charge on any atom is 0.253 e. The number of methoxy groups -OCH3 is 1. The van der Waals surface area contributed by atoms with E-state index in [4.69, 9.17) is 33.7 Å². The maximum absolute atomic E-state index is 12.5. The highest BCUT2D eigenvalue weighted by atomic mass is 35.5. The van der Waals surface area contributed by atoms with E-state index in [0.717, 1.165) is 22.2 Å². The van der Waals surface area contributed by atoms with Gasteiger partial charge in [-0.3, -0.25) is 9.59 Å². The number of nitrogens with zero attached hydrogens (tertiary/aromatic N) is 1. The maximum atomic E-state index is 12.5. The zero-order chi connectivity index (χ0) is 23.4. The van der Waals surface area contributed by atoms with Gasteiger partial charge in [0, 0.05) is 30.1 Å². The highest BCUT2D eigenvalue weighted by molar-refractivity contribution is 6.39. The predicted octanol–water partition coefficient (Wildman–Crippen LogP) is 3.92. The van der Waals surface area contributed by atoms with Gasteiger partial charge in [0.25, 0.3) is 5.91 Å². The van der Waals surface area contributed by atoms with Crippen molar-refractivity contribution in [1.29, 1.82) is 0 Å². The molecule has 3 aromatic rings. The number of aromatic nitrogens is 1. The third-order valence-corrected chi connectivity index (χ3v) is 5.37. The molecule has 0 saturated heterocycles. The molecule has 0 atom stereocenters. The average Bonchev–Trinajstić information content (AvgIpc) is 3.03. The Morgan fingerprint density at radius 1 is 1.19 bits per heavy atom. The molecule has 1 heterocycles. The number of anilines is 1. The number of nitrogens with two attached hydrogens (primary N) is 1. The fourth-order valence-corrected chi connectivity index (χ4v) is 3.92. The van der Waals surface area contributed by atoms with Crippen LogP contribution in [0.3, 0.4) is 0 Å². The first-order valence-corrected chi connectivity index (χ1v) is 10.4. The van der Waals surface area contributed by atoms with Gasteiger partial charge >= 0.3 is 0 Å². The number of benzene rings is 2. The molecule has 0 aliphatic heterocycles. The second-order valence-corrected chi connectivity index (χ2v) is 7.99. The normalized spacial score (nSPS) is 11.5. The molecule has 5 N–H and O–H groups in total. The third-order valence-electron chi connectivity index (χ3n) is 4.78. The second kappa shape index (κ2) is 9.93. The van der Waals surface area contributed by atoms with Crippen LogP contribution in [0.1, 0.15) is 23.7 Å². The fraction of sp³-hybridized carbons (Fsp3) is 0.227. The van der Waals surface area contributed by atoms with E-state index >= 15 is 0 Å². The number of nitrogens with one attached hydrogen (secondary N) is 3. The van der Waals surface area contributed by atoms with Crippen LogP contribution in [-0.4, -0.2) is 29.9 Å². The summed E-state index contributed by atoms with van der Waals surface area (Å²) in [5, 5.41) is 6.94. The Labute approximate surface area is 195 Å². The number of carbonyl (C=O) groups excluding carboxylic acids is 2. The van der Waals surface area contributed by atoms with Crippen molar-refractivity contribution >= 4 is 57.6 Å². The van der Waals surface area contributed by atoms with Crippen LogP contribution >= 0.6 is 23.2 Å². The van der Waals surface area contributed by atoms with Crippen LogP contribution in [-0.2, 0) is 22.6 Å². The Hall–Kier alpha value is -3.23. The van der Waals surface area contributed by atoms with Crippen LogP contribution in [0.25, 0.3) is 10.9 Å². The molecule has 10 heteroatoms. The summed E-state index contributed by atoms with van der Waals surface area (Å²) in [6, 6.07) is 8.92. The number of aromatic amines is 1. The number of carbonyl (C=O) groups is 2. The van der Waals surface area contributed by atoms with E-state index in [0.29, 0.717) is 27.0 Å². The Balaban J connectivity index is 1.68. The van der Waals surface area contributed by atoms with E-state index < -0.39 is 0 Å². The standard InChI is InChI=1S/C22H23Cl2N5O3/c1-11-15(16-8-14(32-3)4-5-19(16)27-11)9-20(31)29-22(25)26-10-13-6-17(23)21(18(24)7-13)28-12(2)30/h4-8,27H,9-10H2,1-3H3,(H,28,30)(H3,25,26,29,31). The number of aryl methyl sites for hydroxylation is 1. The minimum absolute atomic E-state index is 0.0248. The van der Waals surface area contributed by atoms with E-state index in [1.807, 2.05) is 25.1 Å². The van der Waals surface area contributed by atoms with Crippen molar-refractivity contribution in [2.75, 3.05) is 12.4 Å². The summed E-state index contributed by atoms with van der Waals surface area (Å²) >= 11 is 12.4. The lowest BCUT2D eigenvalue weighted by molar-refractivity contribution is -0.117. The molecular formula is C22H23Cl2N5O3. The minimum Gasteiger partial charge on any atom is -0.497 e. The number of amides is 2. The fourth-order valence-electron chi connectivity index (χ4n) is 3.30. The predicted molar refractivity (Wildman–Crippen MR) is 128 cm³/mol. The summed E-state index contributed by atoms with van der Waals surface area (Å²) in [4.78, 5) is 30.9. The zero-order valence-corrected chi connectivity index (χ0v) is 19.3. The first-order valence-electron chi connectivity index (χ1n) is 9.69. The highest BCUT2D eigenvalue weighted by Crippen LogP contribution is 2.32. The van der Waals surface area contributed by atoms with E-state index in [2.05, 4.69) is 20.6 Å². The molecule has 1 aromatic heterocycles. The number of fused-ring (bicyclic) bond motifs is 1. The Morgan fingerprint density at radius 3 is 2.50 bits per heavy atom. The van der Waals surface area contributed by atoms with Crippen molar-refractivity contribution in [1.82, 2.24) is 10.3 Å². The molecule has 0 fully saturated rings. The van der Waals surface area contributed by atoms with Gasteiger partial charge in [-0.15, -0.1) is 0 Å². The first kappa shape index (κ1) is 23.4. The van der Waals surface area contributed by atoms with Crippen LogP contribution < -0.4 is 21.1 Å². The van der Waals surface area contributed by atoms with Crippen molar-refractivity contribution in [2.24, 2.45) is 10.7 Å². The molecule has 0 saturated carbocycles. The van der Waals surface area contributed by atoms with Crippen molar-refractivity contribution in [3.05, 3.63) is 57.2 Å². The number of halogens is 2. The zero-order valence-electron chi connectivity index (χ0n) is 17.8. The average molecular weight is 476 g/mol. The summed E-state index contributed by atoms with van der Waals surface area (Å²) in [6.45, 7) is 3.51. The molecule has 2 aromatic carbocycles. The van der Waals surface area contributed by atoms with Gasteiger partial charge in [-0.2, -0.15) is 4.99 Å². The second-order valence-electron chi connectivity index (χ2n) is 7.18. The third kappa shape index (κ3) is 5.52. The van der Waals surface area contributed by atoms with E-state index in [-0.39, 0.29) is 30.7 Å². The topological polar surface area (TPSA) is 122 Å². The molecule has 8 nitrogen and oxygen atoms in total. The lowest BCUT2D eigenvalue weighted by Crippen LogP contribution is -2.32. The minimum atomic E-state index is -0.390. The molecule has 2 amide bonds. The van der Waals surface area contributed by atoms with Gasteiger partial charge in [0.1, 0.15) is 5.75 Å². The number of hydrogen-bond acceptors (Lipinski definition) is 3. The number of aliphatic imine (C=N–C) groups is 1. The number of H-pyrrole nitrogens is 1. The number of rotatable bonds is 6. The number of guanidine groups is 1. The molecule has 0 bridgehead atoms. The molecule has 32 heavy (non-hydrogen) atoms. The van der Waals surface area contributed by atoms with E-state index in [1.54, 1.807) is 19.2 Å². The number of ether oxygens (including phenoxy) is 1. The Kier molecular flexibility index (Phi) is 7.27. The van der Waals surface area contributed by atoms with Gasteiger partial charge in [-0.25, -0.2) is 0 Å². The molecule has 0 radical (unpaired) electrons. The molecule has 3 rings (SSSR count).